The summed E-state index contributed by atoms with van der Waals surface area (Å²) >= 11 is 5.79. The van der Waals surface area contributed by atoms with E-state index in [-0.39, 0.29) is 11.8 Å². The molecule has 1 atom stereocenters. The predicted molar refractivity (Wildman–Crippen MR) is 81.4 cm³/mol. The fourth-order valence-electron chi connectivity index (χ4n) is 2.65. The van der Waals surface area contributed by atoms with Crippen molar-refractivity contribution in [2.75, 3.05) is 18.2 Å². The number of rotatable bonds is 6. The molecule has 1 aliphatic heterocycles. The number of aromatic nitrogens is 1. The van der Waals surface area contributed by atoms with E-state index in [1.54, 1.807) is 10.5 Å². The van der Waals surface area contributed by atoms with Crippen molar-refractivity contribution in [2.24, 2.45) is 0 Å². The second-order valence-electron chi connectivity index (χ2n) is 5.13. The van der Waals surface area contributed by atoms with E-state index in [2.05, 4.69) is 4.98 Å². The molecule has 4 nitrogen and oxygen atoms in total. The molecule has 2 rings (SSSR count). The Morgan fingerprint density at radius 2 is 2.20 bits per heavy atom. The van der Waals surface area contributed by atoms with Crippen molar-refractivity contribution in [1.29, 1.82) is 0 Å². The Morgan fingerprint density at radius 1 is 1.35 bits per heavy atom. The molecule has 1 aliphatic rings. The number of sulfonamides is 1. The molecule has 1 aromatic rings. The van der Waals surface area contributed by atoms with Crippen molar-refractivity contribution in [2.45, 2.75) is 38.1 Å². The highest BCUT2D eigenvalue weighted by Gasteiger charge is 2.31. The van der Waals surface area contributed by atoms with E-state index in [4.69, 9.17) is 11.6 Å². The standard InChI is InChI=1S/C14H21ClN2O2S/c15-9-7-14-6-2-4-11-17(14)20(18,19)12-8-13-5-1-3-10-16-13/h1,3,5,10,14H,2,4,6-9,11-12H2. The molecule has 6 heteroatoms. The Morgan fingerprint density at radius 3 is 2.90 bits per heavy atom. The summed E-state index contributed by atoms with van der Waals surface area (Å²) in [7, 11) is -3.22. The van der Waals surface area contributed by atoms with E-state index in [1.807, 2.05) is 18.2 Å². The predicted octanol–water partition coefficient (Wildman–Crippen LogP) is 2.44. The molecular weight excluding hydrogens is 296 g/mol. The molecule has 0 saturated carbocycles. The third-order valence-corrected chi connectivity index (χ3v) is 5.85. The van der Waals surface area contributed by atoms with E-state index < -0.39 is 10.0 Å². The Bertz CT molecular complexity index is 505. The fourth-order valence-corrected chi connectivity index (χ4v) is 4.68. The zero-order valence-electron chi connectivity index (χ0n) is 11.5. The number of pyridine rings is 1. The Kier molecular flexibility index (Phi) is 5.81. The maximum atomic E-state index is 12.5. The first kappa shape index (κ1) is 15.7. The minimum absolute atomic E-state index is 0.0787. The van der Waals surface area contributed by atoms with Crippen LogP contribution in [0.1, 0.15) is 31.4 Å². The summed E-state index contributed by atoms with van der Waals surface area (Å²) in [6.07, 6.45) is 5.86. The minimum Gasteiger partial charge on any atom is -0.261 e. The molecule has 0 radical (unpaired) electrons. The second-order valence-corrected chi connectivity index (χ2v) is 7.54. The molecule has 20 heavy (non-hydrogen) atoms. The molecule has 2 heterocycles. The highest BCUT2D eigenvalue weighted by atomic mass is 35.5. The number of hydrogen-bond donors (Lipinski definition) is 0. The van der Waals surface area contributed by atoms with Crippen LogP contribution in [0.4, 0.5) is 0 Å². The van der Waals surface area contributed by atoms with Crippen molar-refractivity contribution in [1.82, 2.24) is 9.29 Å². The number of aryl methyl sites for hydroxylation is 1. The summed E-state index contributed by atoms with van der Waals surface area (Å²) in [5.74, 6) is 0.639. The Hall–Kier alpha value is -0.650. The van der Waals surface area contributed by atoms with Crippen molar-refractivity contribution in [3.63, 3.8) is 0 Å². The summed E-state index contributed by atoms with van der Waals surface area (Å²) in [5, 5.41) is 0. The first-order chi connectivity index (χ1) is 9.63. The number of hydrogen-bond acceptors (Lipinski definition) is 3. The van der Waals surface area contributed by atoms with Crippen LogP contribution in [0.3, 0.4) is 0 Å². The van der Waals surface area contributed by atoms with Gasteiger partial charge in [-0.15, -0.1) is 11.6 Å². The summed E-state index contributed by atoms with van der Waals surface area (Å²) in [6, 6.07) is 5.66. The maximum Gasteiger partial charge on any atom is 0.214 e. The van der Waals surface area contributed by atoms with Crippen molar-refractivity contribution >= 4 is 21.6 Å². The molecule has 0 aliphatic carbocycles. The number of nitrogens with zero attached hydrogens (tertiary/aromatic N) is 2. The average Bonchev–Trinajstić information content (AvgIpc) is 2.47. The summed E-state index contributed by atoms with van der Waals surface area (Å²) < 4.78 is 26.7. The molecular formula is C14H21ClN2O2S. The van der Waals surface area contributed by atoms with E-state index >= 15 is 0 Å². The molecule has 0 spiro atoms. The van der Waals surface area contributed by atoms with Gasteiger partial charge in [0.2, 0.25) is 10.0 Å². The van der Waals surface area contributed by atoms with Crippen LogP contribution in [0.25, 0.3) is 0 Å². The van der Waals surface area contributed by atoms with Gasteiger partial charge in [-0.1, -0.05) is 12.5 Å². The highest BCUT2D eigenvalue weighted by Crippen LogP contribution is 2.23. The van der Waals surface area contributed by atoms with Gasteiger partial charge in [-0.2, -0.15) is 4.31 Å². The number of alkyl halides is 1. The lowest BCUT2D eigenvalue weighted by molar-refractivity contribution is 0.247. The second kappa shape index (κ2) is 7.38. The lowest BCUT2D eigenvalue weighted by Crippen LogP contribution is -2.45. The van der Waals surface area contributed by atoms with Crippen LogP contribution in [0.15, 0.2) is 24.4 Å². The molecule has 0 N–H and O–H groups in total. The monoisotopic (exact) mass is 316 g/mol. The Balaban J connectivity index is 2.01. The molecule has 1 aromatic heterocycles. The van der Waals surface area contributed by atoms with Crippen molar-refractivity contribution in [3.05, 3.63) is 30.1 Å². The van der Waals surface area contributed by atoms with Gasteiger partial charge < -0.3 is 0 Å². The van der Waals surface area contributed by atoms with Crippen LogP contribution in [0, 0.1) is 0 Å². The van der Waals surface area contributed by atoms with Gasteiger partial charge in [0, 0.05) is 36.8 Å². The third-order valence-electron chi connectivity index (χ3n) is 3.72. The topological polar surface area (TPSA) is 50.3 Å². The zero-order chi connectivity index (χ0) is 14.4. The SMILES string of the molecule is O=S(=O)(CCc1ccccn1)N1CCCCC1CCCl. The summed E-state index contributed by atoms with van der Waals surface area (Å²) in [4.78, 5) is 4.18. The van der Waals surface area contributed by atoms with Crippen LogP contribution < -0.4 is 0 Å². The fraction of sp³-hybridized carbons (Fsp3) is 0.643. The summed E-state index contributed by atoms with van der Waals surface area (Å²) in [5.41, 5.74) is 0.821. The van der Waals surface area contributed by atoms with Crippen LogP contribution >= 0.6 is 11.6 Å². The zero-order valence-corrected chi connectivity index (χ0v) is 13.1. The van der Waals surface area contributed by atoms with Crippen molar-refractivity contribution < 1.29 is 8.42 Å². The highest BCUT2D eigenvalue weighted by molar-refractivity contribution is 7.89. The van der Waals surface area contributed by atoms with Gasteiger partial charge >= 0.3 is 0 Å². The van der Waals surface area contributed by atoms with Gasteiger partial charge in [-0.3, -0.25) is 4.98 Å². The van der Waals surface area contributed by atoms with Gasteiger partial charge in [0.1, 0.15) is 0 Å². The molecule has 0 bridgehead atoms. The maximum absolute atomic E-state index is 12.5. The van der Waals surface area contributed by atoms with Gasteiger partial charge in [-0.25, -0.2) is 8.42 Å². The number of piperidine rings is 1. The lowest BCUT2D eigenvalue weighted by atomic mass is 10.0. The van der Waals surface area contributed by atoms with Gasteiger partial charge in [0.05, 0.1) is 5.75 Å². The molecule has 1 unspecified atom stereocenters. The van der Waals surface area contributed by atoms with E-state index in [1.165, 1.54) is 0 Å². The van der Waals surface area contributed by atoms with Crippen LogP contribution in [0.5, 0.6) is 0 Å². The smallest absolute Gasteiger partial charge is 0.214 e. The number of halogens is 1. The van der Waals surface area contributed by atoms with E-state index in [9.17, 15) is 8.42 Å². The van der Waals surface area contributed by atoms with E-state index in [0.717, 1.165) is 31.4 Å². The lowest BCUT2D eigenvalue weighted by Gasteiger charge is -2.34. The molecule has 1 fully saturated rings. The van der Waals surface area contributed by atoms with Crippen LogP contribution in [0.2, 0.25) is 0 Å². The summed E-state index contributed by atoms with van der Waals surface area (Å²) in [6.45, 7) is 0.631. The van der Waals surface area contributed by atoms with Crippen molar-refractivity contribution in [3.8, 4) is 0 Å². The first-order valence-corrected chi connectivity index (χ1v) is 9.23. The molecule has 0 aromatic carbocycles. The molecule has 112 valence electrons. The van der Waals surface area contributed by atoms with E-state index in [0.29, 0.717) is 18.8 Å². The van der Waals surface area contributed by atoms with Gasteiger partial charge in [-0.05, 0) is 31.4 Å². The minimum atomic E-state index is -3.22. The van der Waals surface area contributed by atoms with Gasteiger partial charge in [0.15, 0.2) is 0 Å². The normalized spacial score (nSPS) is 20.9. The van der Waals surface area contributed by atoms with Crippen LogP contribution in [-0.4, -0.2) is 41.9 Å². The Labute approximate surface area is 126 Å². The quantitative estimate of drug-likeness (QED) is 0.757. The molecule has 0 amide bonds. The largest absolute Gasteiger partial charge is 0.261 e. The van der Waals surface area contributed by atoms with Crippen LogP contribution in [-0.2, 0) is 16.4 Å². The van der Waals surface area contributed by atoms with Gasteiger partial charge in [0.25, 0.3) is 0 Å². The molecule has 1 saturated heterocycles. The first-order valence-electron chi connectivity index (χ1n) is 7.09. The third kappa shape index (κ3) is 4.17. The average molecular weight is 317 g/mol.